The van der Waals surface area contributed by atoms with E-state index in [9.17, 15) is 0 Å². The van der Waals surface area contributed by atoms with Crippen LogP contribution in [0.15, 0.2) is 0 Å². The molecule has 0 aliphatic rings. The standard InChI is InChI=1S/CHO.3H5P3.Rh/c1-2;3*1-3-2;/h1H;3*3H,1-2H2;/q-1;;;;. The molecule has 12 heavy (non-hydrogen) atoms. The van der Waals surface area contributed by atoms with Gasteiger partial charge in [0.15, 0.2) is 0 Å². The van der Waals surface area contributed by atoms with Gasteiger partial charge in [-0.25, -0.2) is 0 Å². The van der Waals surface area contributed by atoms with Crippen LogP contribution in [0.25, 0.3) is 0 Å². The van der Waals surface area contributed by atoms with Crippen LogP contribution in [0, 0.1) is 0 Å². The molecule has 1 nitrogen and oxygen atoms in total. The molecule has 0 saturated heterocycles. The Bertz CT molecular complexity index is 25.7. The van der Waals surface area contributed by atoms with Gasteiger partial charge in [0.1, 0.15) is 0 Å². The average Bonchev–Trinajstić information content (AvgIpc) is 1.96. The topological polar surface area (TPSA) is 17.1 Å². The van der Waals surface area contributed by atoms with Crippen molar-refractivity contribution >= 4 is 84.2 Å². The monoisotopic (exact) mass is 426 g/mol. The van der Waals surface area contributed by atoms with Crippen molar-refractivity contribution in [1.29, 1.82) is 0 Å². The van der Waals surface area contributed by atoms with Gasteiger partial charge in [-0.05, 0) is 0 Å². The predicted molar refractivity (Wildman–Crippen MR) is 90.0 cm³/mol. The van der Waals surface area contributed by atoms with Crippen LogP contribution < -0.4 is 0 Å². The SMILES string of the molecule is PPP.PPP.PPP.[CH-]=O.[Rh]. The Morgan fingerprint density at radius 3 is 0.667 bits per heavy atom. The fraction of sp³-hybridized carbons (Fsp3) is 0. The average molecular weight is 426 g/mol. The summed E-state index contributed by atoms with van der Waals surface area (Å²) in [6.45, 7) is 3.25. The fourth-order valence-electron chi connectivity index (χ4n) is 0. The van der Waals surface area contributed by atoms with Gasteiger partial charge in [-0.3, -0.25) is 6.79 Å². The molecule has 0 amide bonds. The van der Waals surface area contributed by atoms with Crippen LogP contribution in [0.4, 0.5) is 0 Å². The second kappa shape index (κ2) is 59.3. The molecule has 0 rings (SSSR count). The van der Waals surface area contributed by atoms with Crippen molar-refractivity contribution in [1.82, 2.24) is 0 Å². The van der Waals surface area contributed by atoms with Crippen LogP contribution in [0.1, 0.15) is 0 Å². The summed E-state index contributed by atoms with van der Waals surface area (Å²) < 4.78 is 0. The Hall–Kier alpha value is 4.16. The predicted octanol–water partition coefficient (Wildman–Crippen LogP) is 3.46. The zero-order chi connectivity index (χ0) is 10.1. The Morgan fingerprint density at radius 2 is 0.667 bits per heavy atom. The van der Waals surface area contributed by atoms with E-state index in [0.29, 0.717) is 0 Å². The van der Waals surface area contributed by atoms with E-state index < -0.39 is 0 Å². The molecule has 0 aromatic heterocycles. The van der Waals surface area contributed by atoms with E-state index in [1.165, 1.54) is 0 Å². The minimum absolute atomic E-state index is 0. The minimum atomic E-state index is 0. The van der Waals surface area contributed by atoms with Gasteiger partial charge in [0.2, 0.25) is 0 Å². The third kappa shape index (κ3) is 142. The van der Waals surface area contributed by atoms with Gasteiger partial charge >= 0.3 is 0 Å². The summed E-state index contributed by atoms with van der Waals surface area (Å²) in [6, 6.07) is 0. The fourth-order valence-corrected chi connectivity index (χ4v) is 0. The third-order valence-corrected chi connectivity index (χ3v) is 0. The largest absolute Gasteiger partial charge is 0.545 e. The molecule has 1 radical (unpaired) electrons. The van der Waals surface area contributed by atoms with Crippen LogP contribution in [0.5, 0.6) is 0 Å². The number of hydrogen-bond donors (Lipinski definition) is 0. The summed E-state index contributed by atoms with van der Waals surface area (Å²) in [5.74, 6) is 0. The van der Waals surface area contributed by atoms with Crippen molar-refractivity contribution in [3.05, 3.63) is 0 Å². The minimum Gasteiger partial charge on any atom is -0.545 e. The zero-order valence-corrected chi connectivity index (χ0v) is 17.8. The van der Waals surface area contributed by atoms with Crippen LogP contribution in [0.3, 0.4) is 0 Å². The van der Waals surface area contributed by atoms with E-state index in [1.807, 2.05) is 0 Å². The van der Waals surface area contributed by atoms with Crippen molar-refractivity contribution in [2.75, 3.05) is 0 Å². The molecule has 0 spiro atoms. The van der Waals surface area contributed by atoms with Gasteiger partial charge in [-0.1, -0.05) is 23.9 Å². The Morgan fingerprint density at radius 1 is 0.667 bits per heavy atom. The summed E-state index contributed by atoms with van der Waals surface area (Å²) in [7, 11) is 18.2. The van der Waals surface area contributed by atoms with Crippen LogP contribution in [-0.4, -0.2) is 6.79 Å². The van der Waals surface area contributed by atoms with Crippen molar-refractivity contribution < 1.29 is 24.3 Å². The number of rotatable bonds is 0. The second-order valence-corrected chi connectivity index (χ2v) is 13.5. The molecule has 0 aliphatic heterocycles. The molecule has 0 fully saturated rings. The van der Waals surface area contributed by atoms with Gasteiger partial charge in [-0.15, -0.1) is 53.6 Å². The maximum Gasteiger partial charge on any atom is 0 e. The van der Waals surface area contributed by atoms with Gasteiger partial charge in [-0.2, -0.15) is 0 Å². The Balaban J connectivity index is -0.0000000179. The normalized spacial score (nSPS) is 4.83. The molecule has 6 unspecified atom stereocenters. The van der Waals surface area contributed by atoms with E-state index in [1.54, 1.807) is 0 Å². The number of carbonyl (C=O) groups excluding carboxylic acids is 1. The Kier molecular flexibility index (Phi) is 147. The molecule has 11 heteroatoms. The van der Waals surface area contributed by atoms with Crippen LogP contribution in [-0.2, 0) is 24.3 Å². The number of hydrogen-bond acceptors (Lipinski definition) is 1. The maximum absolute atomic E-state index is 7.75. The molecule has 6 atom stereocenters. The van der Waals surface area contributed by atoms with E-state index in [2.05, 4.69) is 60.4 Å². The molecule has 0 saturated carbocycles. The molecule has 81 valence electrons. The van der Waals surface area contributed by atoms with E-state index in [-0.39, 0.29) is 19.5 Å². The second-order valence-electron chi connectivity index (χ2n) is 0.500. The molecular weight excluding hydrogens is 410 g/mol. The third-order valence-electron chi connectivity index (χ3n) is 0. The summed E-state index contributed by atoms with van der Waals surface area (Å²) in [5.41, 5.74) is 0. The first-order chi connectivity index (χ1) is 5.24. The smallest absolute Gasteiger partial charge is 0 e. The van der Waals surface area contributed by atoms with Crippen molar-refractivity contribution in [2.45, 2.75) is 0 Å². The van der Waals surface area contributed by atoms with Crippen LogP contribution >= 0.6 is 77.4 Å². The summed E-state index contributed by atoms with van der Waals surface area (Å²) >= 11 is 0. The van der Waals surface area contributed by atoms with E-state index in [0.717, 1.165) is 23.9 Å². The summed E-state index contributed by atoms with van der Waals surface area (Å²) in [6.07, 6.45) is 0. The van der Waals surface area contributed by atoms with Crippen molar-refractivity contribution in [2.24, 2.45) is 0 Å². The molecular formula is CH16OP9Rh-. The molecule has 0 aromatic carbocycles. The molecule has 0 N–H and O–H groups in total. The van der Waals surface area contributed by atoms with Gasteiger partial charge in [0, 0.05) is 19.5 Å². The van der Waals surface area contributed by atoms with E-state index in [4.69, 9.17) is 4.79 Å². The molecule has 0 aliphatic carbocycles. The molecule has 0 aromatic rings. The van der Waals surface area contributed by atoms with E-state index >= 15 is 0 Å². The first-order valence-electron chi connectivity index (χ1n) is 1.97. The van der Waals surface area contributed by atoms with Crippen LogP contribution in [0.2, 0.25) is 0 Å². The maximum atomic E-state index is 7.75. The first kappa shape index (κ1) is 29.8. The quantitative estimate of drug-likeness (QED) is 0.251. The summed E-state index contributed by atoms with van der Waals surface area (Å²) in [5, 5.41) is 0. The van der Waals surface area contributed by atoms with Crippen molar-refractivity contribution in [3.63, 3.8) is 0 Å². The molecule has 0 bridgehead atoms. The zero-order valence-electron chi connectivity index (χ0n) is 6.28. The Labute approximate surface area is 108 Å². The molecule has 0 heterocycles. The first-order valence-corrected chi connectivity index (χ1v) is 15.8. The van der Waals surface area contributed by atoms with Gasteiger partial charge < -0.3 is 4.79 Å². The van der Waals surface area contributed by atoms with Gasteiger partial charge in [0.25, 0.3) is 0 Å². The van der Waals surface area contributed by atoms with Gasteiger partial charge in [0.05, 0.1) is 0 Å². The van der Waals surface area contributed by atoms with Crippen molar-refractivity contribution in [3.8, 4) is 0 Å². The summed E-state index contributed by atoms with van der Waals surface area (Å²) in [4.78, 5) is 7.75.